The van der Waals surface area contributed by atoms with E-state index in [1.807, 2.05) is 0 Å². The van der Waals surface area contributed by atoms with Gasteiger partial charge in [-0.2, -0.15) is 5.10 Å². The number of hydrogen-bond donors (Lipinski definition) is 2. The normalized spacial score (nSPS) is 11.2. The van der Waals surface area contributed by atoms with Gasteiger partial charge in [0.05, 0.1) is 11.9 Å². The van der Waals surface area contributed by atoms with Gasteiger partial charge in [-0.1, -0.05) is 13.8 Å². The molecule has 2 heterocycles. The predicted octanol–water partition coefficient (Wildman–Crippen LogP) is 1.35. The number of anilines is 1. The molecule has 0 aliphatic heterocycles. The van der Waals surface area contributed by atoms with Crippen molar-refractivity contribution in [1.82, 2.24) is 20.4 Å². The highest BCUT2D eigenvalue weighted by Crippen LogP contribution is 2.31. The van der Waals surface area contributed by atoms with Gasteiger partial charge >= 0.3 is 0 Å². The second-order valence-electron chi connectivity index (χ2n) is 4.38. The standard InChI is InChI=1S/C13H19N5OS/c1-3-18(4-2)8-7-15-12(19)11-10(14)9-5-6-16-17-13(9)20-11/h5-6H,3-4,7-8,14H2,1-2H3,(H,15,19). The Morgan fingerprint density at radius 3 is 2.85 bits per heavy atom. The Morgan fingerprint density at radius 2 is 2.20 bits per heavy atom. The molecule has 3 N–H and O–H groups in total. The minimum Gasteiger partial charge on any atom is -0.397 e. The van der Waals surface area contributed by atoms with E-state index >= 15 is 0 Å². The molecule has 0 spiro atoms. The quantitative estimate of drug-likeness (QED) is 0.840. The molecule has 7 heteroatoms. The fourth-order valence-electron chi connectivity index (χ4n) is 1.99. The zero-order valence-corrected chi connectivity index (χ0v) is 12.5. The smallest absolute Gasteiger partial charge is 0.263 e. The Morgan fingerprint density at radius 1 is 1.45 bits per heavy atom. The lowest BCUT2D eigenvalue weighted by Crippen LogP contribution is -2.34. The lowest BCUT2D eigenvalue weighted by Gasteiger charge is -2.17. The van der Waals surface area contributed by atoms with Gasteiger partial charge in [-0.3, -0.25) is 4.79 Å². The molecule has 108 valence electrons. The highest BCUT2D eigenvalue weighted by atomic mass is 32.1. The lowest BCUT2D eigenvalue weighted by atomic mass is 10.3. The Bertz CT molecular complexity index is 593. The van der Waals surface area contributed by atoms with Crippen LogP contribution >= 0.6 is 11.3 Å². The van der Waals surface area contributed by atoms with Crippen molar-refractivity contribution in [3.63, 3.8) is 0 Å². The Kier molecular flexibility index (Phi) is 4.86. The van der Waals surface area contributed by atoms with Gasteiger partial charge in [0, 0.05) is 18.5 Å². The number of likely N-dealkylation sites (N-methyl/N-ethyl adjacent to an activating group) is 1. The summed E-state index contributed by atoms with van der Waals surface area (Å²) in [7, 11) is 0. The third-order valence-corrected chi connectivity index (χ3v) is 4.34. The number of nitrogens with two attached hydrogens (primary N) is 1. The van der Waals surface area contributed by atoms with Crippen LogP contribution in [0.25, 0.3) is 10.2 Å². The Labute approximate surface area is 122 Å². The second kappa shape index (κ2) is 6.62. The first-order valence-corrected chi connectivity index (χ1v) is 7.49. The number of nitrogens with zero attached hydrogens (tertiary/aromatic N) is 3. The van der Waals surface area contributed by atoms with Crippen LogP contribution in [0.2, 0.25) is 0 Å². The average Bonchev–Trinajstić information content (AvgIpc) is 2.81. The van der Waals surface area contributed by atoms with Gasteiger partial charge in [-0.15, -0.1) is 16.4 Å². The highest BCUT2D eigenvalue weighted by molar-refractivity contribution is 7.21. The first-order chi connectivity index (χ1) is 9.67. The molecule has 2 rings (SSSR count). The van der Waals surface area contributed by atoms with Crippen LogP contribution in [-0.4, -0.2) is 47.2 Å². The Balaban J connectivity index is 2.03. The number of carbonyl (C=O) groups is 1. The number of aromatic nitrogens is 2. The van der Waals surface area contributed by atoms with Crippen LogP contribution < -0.4 is 11.1 Å². The molecule has 0 bridgehead atoms. The molecule has 0 saturated carbocycles. The van der Waals surface area contributed by atoms with E-state index in [2.05, 4.69) is 34.3 Å². The maximum absolute atomic E-state index is 12.1. The summed E-state index contributed by atoms with van der Waals surface area (Å²) in [6.45, 7) is 7.62. The number of rotatable bonds is 6. The first kappa shape index (κ1) is 14.7. The lowest BCUT2D eigenvalue weighted by molar-refractivity contribution is 0.0954. The minimum atomic E-state index is -0.141. The number of nitrogens with one attached hydrogen (secondary N) is 1. The fourth-order valence-corrected chi connectivity index (χ4v) is 2.94. The van der Waals surface area contributed by atoms with E-state index in [0.717, 1.165) is 25.0 Å². The van der Waals surface area contributed by atoms with E-state index in [-0.39, 0.29) is 5.91 Å². The summed E-state index contributed by atoms with van der Waals surface area (Å²) >= 11 is 1.28. The van der Waals surface area contributed by atoms with Crippen molar-refractivity contribution in [2.45, 2.75) is 13.8 Å². The van der Waals surface area contributed by atoms with Gasteiger partial charge in [0.2, 0.25) is 0 Å². The van der Waals surface area contributed by atoms with E-state index in [1.165, 1.54) is 11.3 Å². The first-order valence-electron chi connectivity index (χ1n) is 6.67. The highest BCUT2D eigenvalue weighted by Gasteiger charge is 2.16. The molecule has 20 heavy (non-hydrogen) atoms. The van der Waals surface area contributed by atoms with E-state index in [4.69, 9.17) is 5.73 Å². The van der Waals surface area contributed by atoms with Gasteiger partial charge in [-0.25, -0.2) is 0 Å². The van der Waals surface area contributed by atoms with Crippen LogP contribution in [0.15, 0.2) is 12.3 Å². The largest absolute Gasteiger partial charge is 0.397 e. The van der Waals surface area contributed by atoms with Crippen LogP contribution in [0.5, 0.6) is 0 Å². The topological polar surface area (TPSA) is 84.1 Å². The number of nitrogen functional groups attached to an aromatic ring is 1. The summed E-state index contributed by atoms with van der Waals surface area (Å²) < 4.78 is 0. The zero-order chi connectivity index (χ0) is 14.5. The van der Waals surface area contributed by atoms with E-state index in [0.29, 0.717) is 21.9 Å². The average molecular weight is 293 g/mol. The van der Waals surface area contributed by atoms with Crippen molar-refractivity contribution < 1.29 is 4.79 Å². The summed E-state index contributed by atoms with van der Waals surface area (Å²) in [5.74, 6) is -0.141. The van der Waals surface area contributed by atoms with Crippen LogP contribution in [0, 0.1) is 0 Å². The zero-order valence-electron chi connectivity index (χ0n) is 11.7. The summed E-state index contributed by atoms with van der Waals surface area (Å²) in [4.78, 5) is 15.6. The van der Waals surface area contributed by atoms with E-state index in [1.54, 1.807) is 12.3 Å². The minimum absolute atomic E-state index is 0.141. The monoisotopic (exact) mass is 293 g/mol. The third kappa shape index (κ3) is 3.05. The van der Waals surface area contributed by atoms with Gasteiger partial charge in [0.15, 0.2) is 0 Å². The molecule has 0 radical (unpaired) electrons. The number of amides is 1. The van der Waals surface area contributed by atoms with Crippen molar-refractivity contribution >= 4 is 33.1 Å². The summed E-state index contributed by atoms with van der Waals surface area (Å²) in [5, 5.41) is 11.5. The fraction of sp³-hybridized carbons (Fsp3) is 0.462. The molecule has 0 aromatic carbocycles. The SMILES string of the molecule is CCN(CC)CCNC(=O)c1sc2nnccc2c1N. The molecule has 0 saturated heterocycles. The molecular formula is C13H19N5OS. The molecule has 0 atom stereocenters. The van der Waals surface area contributed by atoms with Crippen molar-refractivity contribution in [2.75, 3.05) is 31.9 Å². The summed E-state index contributed by atoms with van der Waals surface area (Å²) in [5.41, 5.74) is 6.48. The number of thiophene rings is 1. The molecule has 6 nitrogen and oxygen atoms in total. The molecular weight excluding hydrogens is 274 g/mol. The molecule has 0 fully saturated rings. The predicted molar refractivity (Wildman–Crippen MR) is 81.9 cm³/mol. The molecule has 1 amide bonds. The summed E-state index contributed by atoms with van der Waals surface area (Å²) in [6, 6.07) is 1.78. The van der Waals surface area contributed by atoms with Crippen molar-refractivity contribution in [3.8, 4) is 0 Å². The number of fused-ring (bicyclic) bond motifs is 1. The van der Waals surface area contributed by atoms with Crippen LogP contribution in [0.3, 0.4) is 0 Å². The molecule has 0 aliphatic carbocycles. The van der Waals surface area contributed by atoms with Crippen molar-refractivity contribution in [2.24, 2.45) is 0 Å². The van der Waals surface area contributed by atoms with Crippen LogP contribution in [0.1, 0.15) is 23.5 Å². The maximum atomic E-state index is 12.1. The molecule has 2 aromatic heterocycles. The third-order valence-electron chi connectivity index (χ3n) is 3.23. The number of hydrogen-bond acceptors (Lipinski definition) is 6. The van der Waals surface area contributed by atoms with Crippen LogP contribution in [0.4, 0.5) is 5.69 Å². The Hall–Kier alpha value is -1.73. The van der Waals surface area contributed by atoms with Crippen molar-refractivity contribution in [1.29, 1.82) is 0 Å². The van der Waals surface area contributed by atoms with Gasteiger partial charge in [0.25, 0.3) is 5.91 Å². The van der Waals surface area contributed by atoms with E-state index in [9.17, 15) is 4.79 Å². The number of carbonyl (C=O) groups excluding carboxylic acids is 1. The second-order valence-corrected chi connectivity index (χ2v) is 5.38. The van der Waals surface area contributed by atoms with E-state index < -0.39 is 0 Å². The summed E-state index contributed by atoms with van der Waals surface area (Å²) in [6.07, 6.45) is 1.58. The molecule has 0 unspecified atom stereocenters. The van der Waals surface area contributed by atoms with Crippen LogP contribution in [-0.2, 0) is 0 Å². The van der Waals surface area contributed by atoms with Crippen molar-refractivity contribution in [3.05, 3.63) is 17.1 Å². The molecule has 0 aliphatic rings. The molecule has 2 aromatic rings. The maximum Gasteiger partial charge on any atom is 0.263 e. The van der Waals surface area contributed by atoms with Gasteiger partial charge in [0.1, 0.15) is 9.71 Å². The van der Waals surface area contributed by atoms with Gasteiger partial charge < -0.3 is 16.0 Å². The van der Waals surface area contributed by atoms with Gasteiger partial charge in [-0.05, 0) is 19.2 Å².